The molecule has 1 saturated heterocycles. The fraction of sp³-hybridized carbons (Fsp3) is 0.364. The van der Waals surface area contributed by atoms with E-state index in [2.05, 4.69) is 21.2 Å². The van der Waals surface area contributed by atoms with Crippen LogP contribution in [0.3, 0.4) is 0 Å². The molecular formula is C11H11BrClFN2O2. The van der Waals surface area contributed by atoms with E-state index in [9.17, 15) is 14.3 Å². The van der Waals surface area contributed by atoms with E-state index in [0.717, 1.165) is 6.07 Å². The highest BCUT2D eigenvalue weighted by Crippen LogP contribution is 2.28. The summed E-state index contributed by atoms with van der Waals surface area (Å²) in [5.41, 5.74) is 0.212. The van der Waals surface area contributed by atoms with Gasteiger partial charge in [-0.25, -0.2) is 9.18 Å². The first-order chi connectivity index (χ1) is 8.47. The lowest BCUT2D eigenvalue weighted by Crippen LogP contribution is -2.33. The van der Waals surface area contributed by atoms with Gasteiger partial charge in [-0.1, -0.05) is 11.6 Å². The zero-order valence-electron chi connectivity index (χ0n) is 9.29. The van der Waals surface area contributed by atoms with Crippen molar-refractivity contribution in [3.8, 4) is 0 Å². The maximum Gasteiger partial charge on any atom is 0.321 e. The predicted octanol–water partition coefficient (Wildman–Crippen LogP) is 2.84. The molecule has 1 fully saturated rings. The molecule has 0 radical (unpaired) electrons. The number of halogens is 3. The van der Waals surface area contributed by atoms with Crippen molar-refractivity contribution in [1.82, 2.24) is 4.90 Å². The third kappa shape index (κ3) is 2.93. The molecule has 0 aromatic heterocycles. The minimum Gasteiger partial charge on any atom is -0.391 e. The summed E-state index contributed by atoms with van der Waals surface area (Å²) in [6.07, 6.45) is 0.0587. The van der Waals surface area contributed by atoms with E-state index >= 15 is 0 Å². The van der Waals surface area contributed by atoms with Gasteiger partial charge in [0.25, 0.3) is 0 Å². The summed E-state index contributed by atoms with van der Waals surface area (Å²) in [4.78, 5) is 13.3. The number of β-amino-alcohol motifs (C(OH)–C–C–N with tert-alkyl or cyclic N) is 1. The molecule has 4 nitrogen and oxygen atoms in total. The molecule has 1 aromatic carbocycles. The number of aliphatic hydroxyl groups excluding tert-OH is 1. The van der Waals surface area contributed by atoms with Gasteiger partial charge in [0.05, 0.1) is 21.3 Å². The summed E-state index contributed by atoms with van der Waals surface area (Å²) in [5.74, 6) is -0.504. The molecule has 2 amide bonds. The number of carbonyl (C=O) groups excluding carboxylic acids is 1. The van der Waals surface area contributed by atoms with Gasteiger partial charge in [-0.05, 0) is 28.4 Å². The van der Waals surface area contributed by atoms with Crippen molar-refractivity contribution >= 4 is 39.2 Å². The Labute approximate surface area is 117 Å². The van der Waals surface area contributed by atoms with Crippen LogP contribution in [0.15, 0.2) is 16.6 Å². The third-order valence-electron chi connectivity index (χ3n) is 2.70. The van der Waals surface area contributed by atoms with Gasteiger partial charge in [0.15, 0.2) is 0 Å². The second kappa shape index (κ2) is 5.42. The van der Waals surface area contributed by atoms with Crippen LogP contribution in [-0.2, 0) is 0 Å². The Morgan fingerprint density at radius 2 is 2.33 bits per heavy atom. The first kappa shape index (κ1) is 13.6. The minimum absolute atomic E-state index is 0.212. The maximum absolute atomic E-state index is 13.3. The van der Waals surface area contributed by atoms with E-state index < -0.39 is 18.0 Å². The SMILES string of the molecule is O=C(Nc1cc(F)c(Br)cc1Cl)N1CC[C@H](O)C1. The number of nitrogens with one attached hydrogen (secondary N) is 1. The Kier molecular flexibility index (Phi) is 4.09. The maximum atomic E-state index is 13.3. The highest BCUT2D eigenvalue weighted by molar-refractivity contribution is 9.10. The fourth-order valence-electron chi connectivity index (χ4n) is 1.74. The molecule has 98 valence electrons. The van der Waals surface area contributed by atoms with Gasteiger partial charge in [0.1, 0.15) is 5.82 Å². The normalized spacial score (nSPS) is 19.1. The topological polar surface area (TPSA) is 52.6 Å². The summed E-state index contributed by atoms with van der Waals surface area (Å²) in [6, 6.07) is 2.14. The second-order valence-corrected chi connectivity index (χ2v) is 5.33. The molecule has 0 bridgehead atoms. The molecular weight excluding hydrogens is 326 g/mol. The molecule has 2 N–H and O–H groups in total. The summed E-state index contributed by atoms with van der Waals surface area (Å²) in [6.45, 7) is 0.756. The number of hydrogen-bond acceptors (Lipinski definition) is 2. The molecule has 1 heterocycles. The van der Waals surface area contributed by atoms with Crippen molar-refractivity contribution in [2.75, 3.05) is 18.4 Å². The van der Waals surface area contributed by atoms with E-state index in [1.54, 1.807) is 0 Å². The Morgan fingerprint density at radius 1 is 1.61 bits per heavy atom. The van der Waals surface area contributed by atoms with Gasteiger partial charge in [0.2, 0.25) is 0 Å². The molecule has 7 heteroatoms. The summed E-state index contributed by atoms with van der Waals surface area (Å²) in [5, 5.41) is 12.1. The van der Waals surface area contributed by atoms with Gasteiger partial charge in [-0.15, -0.1) is 0 Å². The molecule has 1 aliphatic heterocycles. The lowest BCUT2D eigenvalue weighted by atomic mass is 10.3. The van der Waals surface area contributed by atoms with Gasteiger partial charge in [-0.2, -0.15) is 0 Å². The van der Waals surface area contributed by atoms with Crippen molar-refractivity contribution in [1.29, 1.82) is 0 Å². The second-order valence-electron chi connectivity index (χ2n) is 4.06. The Morgan fingerprint density at radius 3 is 2.94 bits per heavy atom. The summed E-state index contributed by atoms with van der Waals surface area (Å²) < 4.78 is 13.6. The van der Waals surface area contributed by atoms with E-state index in [-0.39, 0.29) is 21.7 Å². The number of nitrogens with zero attached hydrogens (tertiary/aromatic N) is 1. The first-order valence-electron chi connectivity index (χ1n) is 5.36. The van der Waals surface area contributed by atoms with Crippen molar-refractivity contribution in [3.05, 3.63) is 27.4 Å². The van der Waals surface area contributed by atoms with E-state index in [0.29, 0.717) is 13.0 Å². The lowest BCUT2D eigenvalue weighted by molar-refractivity contribution is 0.176. The number of aliphatic hydroxyl groups is 1. The van der Waals surface area contributed by atoms with Crippen LogP contribution in [0.4, 0.5) is 14.9 Å². The number of anilines is 1. The standard InChI is InChI=1S/C11H11BrClFN2O2/c12-7-3-8(13)10(4-9(7)14)15-11(18)16-2-1-6(17)5-16/h3-4,6,17H,1-2,5H2,(H,15,18)/t6-/m0/s1. The number of urea groups is 1. The molecule has 18 heavy (non-hydrogen) atoms. The summed E-state index contributed by atoms with van der Waals surface area (Å²) >= 11 is 8.91. The van der Waals surface area contributed by atoms with Crippen molar-refractivity contribution in [3.63, 3.8) is 0 Å². The molecule has 1 atom stereocenters. The average molecular weight is 338 g/mol. The Hall–Kier alpha value is -0.850. The molecule has 1 aliphatic rings. The molecule has 2 rings (SSSR count). The number of hydrogen-bond donors (Lipinski definition) is 2. The van der Waals surface area contributed by atoms with Crippen LogP contribution in [0.2, 0.25) is 5.02 Å². The van der Waals surface area contributed by atoms with Crippen molar-refractivity contribution in [2.45, 2.75) is 12.5 Å². The quantitative estimate of drug-likeness (QED) is 0.774. The van der Waals surface area contributed by atoms with Crippen LogP contribution in [0.5, 0.6) is 0 Å². The van der Waals surface area contributed by atoms with E-state index in [1.807, 2.05) is 0 Å². The van der Waals surface area contributed by atoms with Crippen LogP contribution in [0.25, 0.3) is 0 Å². The largest absolute Gasteiger partial charge is 0.391 e. The Balaban J connectivity index is 2.09. The van der Waals surface area contributed by atoms with Gasteiger partial charge in [0, 0.05) is 19.2 Å². The number of amides is 2. The third-order valence-corrected chi connectivity index (χ3v) is 3.62. The van der Waals surface area contributed by atoms with Crippen LogP contribution in [0, 0.1) is 5.82 Å². The smallest absolute Gasteiger partial charge is 0.321 e. The molecule has 0 spiro atoms. The molecule has 1 aromatic rings. The molecule has 0 saturated carbocycles. The Bertz CT molecular complexity index is 486. The first-order valence-corrected chi connectivity index (χ1v) is 6.53. The van der Waals surface area contributed by atoms with Gasteiger partial charge >= 0.3 is 6.03 Å². The van der Waals surface area contributed by atoms with Gasteiger partial charge < -0.3 is 15.3 Å². The van der Waals surface area contributed by atoms with Crippen LogP contribution in [0.1, 0.15) is 6.42 Å². The van der Waals surface area contributed by atoms with Gasteiger partial charge in [-0.3, -0.25) is 0 Å². The summed E-state index contributed by atoms with van der Waals surface area (Å²) in [7, 11) is 0. The minimum atomic E-state index is -0.504. The fourth-order valence-corrected chi connectivity index (χ4v) is 2.42. The van der Waals surface area contributed by atoms with Crippen LogP contribution in [-0.4, -0.2) is 35.2 Å². The number of rotatable bonds is 1. The average Bonchev–Trinajstić information content (AvgIpc) is 2.73. The van der Waals surface area contributed by atoms with Crippen LogP contribution >= 0.6 is 27.5 Å². The predicted molar refractivity (Wildman–Crippen MR) is 70.3 cm³/mol. The highest BCUT2D eigenvalue weighted by Gasteiger charge is 2.25. The lowest BCUT2D eigenvalue weighted by Gasteiger charge is -2.17. The van der Waals surface area contributed by atoms with Crippen molar-refractivity contribution < 1.29 is 14.3 Å². The zero-order chi connectivity index (χ0) is 13.3. The molecule has 0 aliphatic carbocycles. The molecule has 0 unspecified atom stereocenters. The van der Waals surface area contributed by atoms with Crippen molar-refractivity contribution in [2.24, 2.45) is 0 Å². The number of likely N-dealkylation sites (tertiary alicyclic amines) is 1. The van der Waals surface area contributed by atoms with Crippen LogP contribution < -0.4 is 5.32 Å². The van der Waals surface area contributed by atoms with E-state index in [4.69, 9.17) is 11.6 Å². The monoisotopic (exact) mass is 336 g/mol. The zero-order valence-corrected chi connectivity index (χ0v) is 11.6. The number of carbonyl (C=O) groups is 1. The van der Waals surface area contributed by atoms with E-state index in [1.165, 1.54) is 11.0 Å². The highest BCUT2D eigenvalue weighted by atomic mass is 79.9. The number of benzene rings is 1.